The Morgan fingerprint density at radius 2 is 1.74 bits per heavy atom. The number of hydrogen-bond acceptors (Lipinski definition) is 7. The smallest absolute Gasteiger partial charge is 0.328 e. The molecule has 3 aromatic rings. The van der Waals surface area contributed by atoms with E-state index in [9.17, 15) is 24.3 Å². The van der Waals surface area contributed by atoms with Gasteiger partial charge in [-0.3, -0.25) is 24.4 Å². The number of carbonyl (C=O) groups is 2. The SMILES string of the molecule is Cc1ccc(NC(=O)C[C@@H]2SC(=N[C@H](c3ccc(C(C)C)cc3)c3c(O)[nH]c(=O)[nH]c3=O)NC2=O)c(C)c1. The summed E-state index contributed by atoms with van der Waals surface area (Å²) in [6.45, 7) is 7.95. The van der Waals surface area contributed by atoms with Gasteiger partial charge in [-0.15, -0.1) is 0 Å². The largest absolute Gasteiger partial charge is 0.494 e. The molecule has 1 saturated heterocycles. The fourth-order valence-electron chi connectivity index (χ4n) is 4.15. The quantitative estimate of drug-likeness (QED) is 0.313. The highest BCUT2D eigenvalue weighted by molar-refractivity contribution is 8.15. The zero-order valence-corrected chi connectivity index (χ0v) is 22.2. The second-order valence-corrected chi connectivity index (χ2v) is 10.7. The van der Waals surface area contributed by atoms with E-state index in [0.717, 1.165) is 28.5 Å². The molecule has 10 nitrogen and oxygen atoms in total. The summed E-state index contributed by atoms with van der Waals surface area (Å²) in [7, 11) is 0. The average molecular weight is 536 g/mol. The molecule has 2 aromatic carbocycles. The van der Waals surface area contributed by atoms with Gasteiger partial charge < -0.3 is 15.7 Å². The van der Waals surface area contributed by atoms with Gasteiger partial charge in [0.15, 0.2) is 5.17 Å². The first-order chi connectivity index (χ1) is 18.0. The number of amidine groups is 1. The van der Waals surface area contributed by atoms with Crippen molar-refractivity contribution in [3.8, 4) is 5.88 Å². The Morgan fingerprint density at radius 1 is 1.05 bits per heavy atom. The summed E-state index contributed by atoms with van der Waals surface area (Å²) in [6.07, 6.45) is -0.0823. The average Bonchev–Trinajstić information content (AvgIpc) is 3.18. The van der Waals surface area contributed by atoms with Crippen molar-refractivity contribution in [1.82, 2.24) is 15.3 Å². The van der Waals surface area contributed by atoms with E-state index in [4.69, 9.17) is 0 Å². The van der Waals surface area contributed by atoms with Crippen LogP contribution in [0.5, 0.6) is 5.88 Å². The number of amides is 2. The highest BCUT2D eigenvalue weighted by Crippen LogP contribution is 2.32. The molecular weight excluding hydrogens is 506 g/mol. The summed E-state index contributed by atoms with van der Waals surface area (Å²) < 4.78 is 0. The van der Waals surface area contributed by atoms with Crippen LogP contribution in [0.2, 0.25) is 0 Å². The van der Waals surface area contributed by atoms with Crippen LogP contribution < -0.4 is 21.9 Å². The Bertz CT molecular complexity index is 1520. The minimum absolute atomic E-state index is 0.0823. The molecule has 198 valence electrons. The number of aryl methyl sites for hydroxylation is 2. The maximum atomic E-state index is 12.7. The number of aliphatic imine (C=N–C) groups is 1. The molecule has 2 atom stereocenters. The topological polar surface area (TPSA) is 157 Å². The van der Waals surface area contributed by atoms with Gasteiger partial charge in [0.25, 0.3) is 5.56 Å². The second-order valence-electron chi connectivity index (χ2n) is 9.50. The van der Waals surface area contributed by atoms with Gasteiger partial charge in [-0.2, -0.15) is 0 Å². The van der Waals surface area contributed by atoms with Crippen LogP contribution in [-0.4, -0.2) is 37.3 Å². The van der Waals surface area contributed by atoms with E-state index in [1.165, 1.54) is 0 Å². The summed E-state index contributed by atoms with van der Waals surface area (Å²) in [5.41, 5.74) is 2.49. The van der Waals surface area contributed by atoms with Crippen LogP contribution in [0.3, 0.4) is 0 Å². The van der Waals surface area contributed by atoms with Gasteiger partial charge in [-0.05, 0) is 42.5 Å². The lowest BCUT2D eigenvalue weighted by atomic mass is 9.96. The molecule has 0 aliphatic carbocycles. The van der Waals surface area contributed by atoms with Gasteiger partial charge in [-0.1, -0.05) is 67.6 Å². The Hall–Kier alpha value is -4.12. The number of aromatic nitrogens is 2. The molecule has 0 saturated carbocycles. The first-order valence-electron chi connectivity index (χ1n) is 12.1. The molecule has 0 unspecified atom stereocenters. The molecule has 38 heavy (non-hydrogen) atoms. The summed E-state index contributed by atoms with van der Waals surface area (Å²) in [5.74, 6) is -1.04. The van der Waals surface area contributed by atoms with Crippen LogP contribution in [0.15, 0.2) is 57.0 Å². The van der Waals surface area contributed by atoms with Gasteiger partial charge in [0.1, 0.15) is 16.9 Å². The predicted octanol–water partition coefficient (Wildman–Crippen LogP) is 3.21. The molecular formula is C27H29N5O5S. The highest BCUT2D eigenvalue weighted by Gasteiger charge is 2.34. The molecule has 2 heterocycles. The highest BCUT2D eigenvalue weighted by atomic mass is 32.2. The molecule has 1 fully saturated rings. The van der Waals surface area contributed by atoms with Gasteiger partial charge in [0.2, 0.25) is 17.7 Å². The summed E-state index contributed by atoms with van der Waals surface area (Å²) in [5, 5.41) is 15.4. The van der Waals surface area contributed by atoms with E-state index in [0.29, 0.717) is 11.3 Å². The van der Waals surface area contributed by atoms with Gasteiger partial charge in [0, 0.05) is 12.1 Å². The standard InChI is InChI=1S/C27H29N5O5S/c1-13(2)16-6-8-17(9-7-16)22(21-24(35)30-26(37)31-25(21)36)29-27-32-23(34)19(38-27)12-20(33)28-18-10-5-14(3)11-15(18)4/h5-11,13,19,22H,12H2,1-4H3,(H,28,33)(H,29,32,34)(H3,30,31,35,36,37)/t19-,22+/m0/s1. The van der Waals surface area contributed by atoms with E-state index in [-0.39, 0.29) is 29.0 Å². The Kier molecular flexibility index (Phi) is 7.86. The molecule has 11 heteroatoms. The fourth-order valence-corrected chi connectivity index (χ4v) is 5.14. The number of nitrogens with one attached hydrogen (secondary N) is 4. The number of carbonyl (C=O) groups excluding carboxylic acids is 2. The van der Waals surface area contributed by atoms with Crippen molar-refractivity contribution >= 4 is 34.4 Å². The lowest BCUT2D eigenvalue weighted by Gasteiger charge is -2.16. The van der Waals surface area contributed by atoms with Crippen molar-refractivity contribution in [2.24, 2.45) is 4.99 Å². The van der Waals surface area contributed by atoms with Crippen LogP contribution in [0, 0.1) is 13.8 Å². The van der Waals surface area contributed by atoms with Crippen molar-refractivity contribution in [2.45, 2.75) is 51.3 Å². The number of thioether (sulfide) groups is 1. The second kappa shape index (κ2) is 11.1. The normalized spacial score (nSPS) is 17.0. The van der Waals surface area contributed by atoms with Crippen LogP contribution in [-0.2, 0) is 9.59 Å². The fraction of sp³-hybridized carbons (Fsp3) is 0.296. The van der Waals surface area contributed by atoms with Crippen molar-refractivity contribution in [3.63, 3.8) is 0 Å². The molecule has 0 bridgehead atoms. The zero-order chi connectivity index (χ0) is 27.6. The van der Waals surface area contributed by atoms with Crippen LogP contribution >= 0.6 is 11.8 Å². The number of H-pyrrole nitrogens is 2. The van der Waals surface area contributed by atoms with Gasteiger partial charge in [-0.25, -0.2) is 9.79 Å². The summed E-state index contributed by atoms with van der Waals surface area (Å²) in [6, 6.07) is 12.0. The van der Waals surface area contributed by atoms with Crippen LogP contribution in [0.25, 0.3) is 0 Å². The number of anilines is 1. The molecule has 2 amide bonds. The maximum absolute atomic E-state index is 12.7. The molecule has 0 spiro atoms. The monoisotopic (exact) mass is 535 g/mol. The van der Waals surface area contributed by atoms with E-state index in [1.54, 1.807) is 12.1 Å². The zero-order valence-electron chi connectivity index (χ0n) is 21.4. The summed E-state index contributed by atoms with van der Waals surface area (Å²) in [4.78, 5) is 58.5. The maximum Gasteiger partial charge on any atom is 0.328 e. The molecule has 1 aliphatic heterocycles. The number of rotatable bonds is 7. The molecule has 4 rings (SSSR count). The minimum Gasteiger partial charge on any atom is -0.494 e. The van der Waals surface area contributed by atoms with E-state index >= 15 is 0 Å². The number of nitrogens with zero attached hydrogens (tertiary/aromatic N) is 1. The van der Waals surface area contributed by atoms with Crippen LogP contribution in [0.1, 0.15) is 60.0 Å². The van der Waals surface area contributed by atoms with Crippen molar-refractivity contribution in [1.29, 1.82) is 0 Å². The van der Waals surface area contributed by atoms with Crippen molar-refractivity contribution in [3.05, 3.63) is 91.1 Å². The lowest BCUT2D eigenvalue weighted by Crippen LogP contribution is -2.29. The third kappa shape index (κ3) is 6.05. The molecule has 0 radical (unpaired) electrons. The van der Waals surface area contributed by atoms with Crippen LogP contribution in [0.4, 0.5) is 5.69 Å². The third-order valence-corrected chi connectivity index (χ3v) is 7.30. The number of aromatic amines is 2. The van der Waals surface area contributed by atoms with Crippen molar-refractivity contribution < 1.29 is 14.7 Å². The molecule has 1 aliphatic rings. The Morgan fingerprint density at radius 3 is 2.37 bits per heavy atom. The first kappa shape index (κ1) is 26.9. The van der Waals surface area contributed by atoms with Gasteiger partial charge in [0.05, 0.1) is 0 Å². The van der Waals surface area contributed by atoms with Gasteiger partial charge >= 0.3 is 5.69 Å². The minimum atomic E-state index is -1.03. The first-order valence-corrected chi connectivity index (χ1v) is 13.0. The summed E-state index contributed by atoms with van der Waals surface area (Å²) >= 11 is 1.07. The Labute approximate surface area is 223 Å². The number of benzene rings is 2. The van der Waals surface area contributed by atoms with Crippen molar-refractivity contribution in [2.75, 3.05) is 5.32 Å². The van der Waals surface area contributed by atoms with E-state index < -0.39 is 34.3 Å². The third-order valence-electron chi connectivity index (χ3n) is 6.20. The molecule has 1 aromatic heterocycles. The molecule has 5 N–H and O–H groups in total. The van der Waals surface area contributed by atoms with E-state index in [2.05, 4.69) is 25.6 Å². The lowest BCUT2D eigenvalue weighted by molar-refractivity contribution is -0.122. The van der Waals surface area contributed by atoms with E-state index in [1.807, 2.05) is 58.0 Å². The Balaban J connectivity index is 1.60. The number of aromatic hydroxyl groups is 1. The predicted molar refractivity (Wildman–Crippen MR) is 148 cm³/mol. The number of hydrogen-bond donors (Lipinski definition) is 5.